The van der Waals surface area contributed by atoms with E-state index in [0.29, 0.717) is 0 Å². The summed E-state index contributed by atoms with van der Waals surface area (Å²) in [6.45, 7) is 1.99. The fourth-order valence-corrected chi connectivity index (χ4v) is 1.37. The summed E-state index contributed by atoms with van der Waals surface area (Å²) in [5.41, 5.74) is 0. The minimum absolute atomic E-state index is 1.09. The van der Waals surface area contributed by atoms with E-state index < -0.39 is 0 Å². The van der Waals surface area contributed by atoms with Crippen molar-refractivity contribution >= 4 is 26.9 Å². The van der Waals surface area contributed by atoms with E-state index in [0.717, 1.165) is 5.84 Å². The van der Waals surface area contributed by atoms with Crippen LogP contribution in [-0.2, 0) is 0 Å². The first-order valence-corrected chi connectivity index (χ1v) is 3.99. The van der Waals surface area contributed by atoms with Crippen molar-refractivity contribution in [3.8, 4) is 0 Å². The molecular formula is C3H6N2S2. The molecule has 0 amide bonds. The third kappa shape index (κ3) is 1.14. The van der Waals surface area contributed by atoms with Gasteiger partial charge in [-0.05, 0) is 6.92 Å². The zero-order valence-electron chi connectivity index (χ0n) is 4.21. The quantitative estimate of drug-likeness (QED) is 0.291. The minimum atomic E-state index is 1.09. The van der Waals surface area contributed by atoms with E-state index in [9.17, 15) is 0 Å². The van der Waals surface area contributed by atoms with Gasteiger partial charge in [0, 0.05) is 28.1 Å². The minimum Gasteiger partial charge on any atom is -0.274 e. The highest BCUT2D eigenvalue weighted by Crippen LogP contribution is 2.16. The van der Waals surface area contributed by atoms with Gasteiger partial charge < -0.3 is 0 Å². The number of aliphatic imine (C=N–C) groups is 1. The van der Waals surface area contributed by atoms with Gasteiger partial charge in [0.1, 0.15) is 5.84 Å². The lowest BCUT2D eigenvalue weighted by molar-refractivity contribution is 1.33. The fraction of sp³-hybridized carbons (Fsp3) is 0.667. The Hall–Kier alpha value is -0.0900. The SMILES string of the molecule is CN=C(C)n1ss1. The van der Waals surface area contributed by atoms with Crippen LogP contribution in [0, 0.1) is 0 Å². The van der Waals surface area contributed by atoms with Crippen LogP contribution >= 0.6 is 21.1 Å². The normalized spacial score (nSPS) is 13.1. The van der Waals surface area contributed by atoms with Crippen molar-refractivity contribution in [1.29, 1.82) is 0 Å². The lowest BCUT2D eigenvalue weighted by Gasteiger charge is -1.81. The molecule has 0 saturated carbocycles. The van der Waals surface area contributed by atoms with E-state index in [-0.39, 0.29) is 0 Å². The van der Waals surface area contributed by atoms with Gasteiger partial charge in [0.2, 0.25) is 0 Å². The van der Waals surface area contributed by atoms with Crippen LogP contribution in [0.1, 0.15) is 6.92 Å². The maximum Gasteiger partial charge on any atom is 0.126 e. The molecule has 0 atom stereocenters. The van der Waals surface area contributed by atoms with Crippen LogP contribution in [0.3, 0.4) is 0 Å². The molecule has 0 unspecified atom stereocenters. The summed E-state index contributed by atoms with van der Waals surface area (Å²) in [6, 6.07) is 0. The van der Waals surface area contributed by atoms with E-state index in [1.165, 1.54) is 0 Å². The molecule has 0 aliphatic heterocycles. The van der Waals surface area contributed by atoms with E-state index in [2.05, 4.69) is 8.34 Å². The first kappa shape index (κ1) is 5.05. The van der Waals surface area contributed by atoms with Gasteiger partial charge in [-0.15, -0.1) is 0 Å². The molecule has 0 aliphatic rings. The predicted molar refractivity (Wildman–Crippen MR) is 34.6 cm³/mol. The summed E-state index contributed by atoms with van der Waals surface area (Å²) < 4.78 is 2.06. The third-order valence-corrected chi connectivity index (χ3v) is 2.46. The van der Waals surface area contributed by atoms with Crippen molar-refractivity contribution < 1.29 is 0 Å². The molecule has 1 rings (SSSR count). The first-order valence-electron chi connectivity index (χ1n) is 1.93. The number of nitrogens with zero attached hydrogens (tertiary/aromatic N) is 2. The maximum atomic E-state index is 3.95. The number of hydrogen-bond acceptors (Lipinski definition) is 3. The van der Waals surface area contributed by atoms with Crippen LogP contribution in [0.4, 0.5) is 0 Å². The maximum absolute atomic E-state index is 3.95. The van der Waals surface area contributed by atoms with Crippen molar-refractivity contribution in [2.75, 3.05) is 7.05 Å². The molecule has 1 heterocycles. The van der Waals surface area contributed by atoms with Crippen molar-refractivity contribution in [3.63, 3.8) is 0 Å². The van der Waals surface area contributed by atoms with Gasteiger partial charge in [0.15, 0.2) is 0 Å². The second-order valence-corrected chi connectivity index (χ2v) is 3.33. The average Bonchev–Trinajstić information content (AvgIpc) is 2.44. The summed E-state index contributed by atoms with van der Waals surface area (Å²) in [7, 11) is 5.24. The number of aromatic nitrogens is 1. The third-order valence-electron chi connectivity index (χ3n) is 0.737. The zero-order chi connectivity index (χ0) is 5.28. The molecule has 1 aromatic heterocycles. The lowest BCUT2D eigenvalue weighted by atomic mass is 10.7. The predicted octanol–water partition coefficient (Wildman–Crippen LogP) is 1.51. The lowest BCUT2D eigenvalue weighted by Crippen LogP contribution is -1.92. The molecule has 0 fully saturated rings. The standard InChI is InChI=1S/C3H6N2S2/c1-3(4-2)5-6-7-5/h1-2H3. The largest absolute Gasteiger partial charge is 0.274 e. The Kier molecular flexibility index (Phi) is 1.30. The molecule has 4 heteroatoms. The Morgan fingerprint density at radius 1 is 1.57 bits per heavy atom. The molecule has 0 N–H and O–H groups in total. The van der Waals surface area contributed by atoms with Gasteiger partial charge in [-0.25, -0.2) is 0 Å². The zero-order valence-corrected chi connectivity index (χ0v) is 5.84. The van der Waals surface area contributed by atoms with E-state index >= 15 is 0 Å². The van der Waals surface area contributed by atoms with Gasteiger partial charge in [-0.2, -0.15) is 3.35 Å². The molecule has 2 nitrogen and oxygen atoms in total. The van der Waals surface area contributed by atoms with E-state index in [4.69, 9.17) is 0 Å². The number of hydrogen-bond donors (Lipinski definition) is 0. The van der Waals surface area contributed by atoms with E-state index in [1.54, 1.807) is 28.1 Å². The molecule has 0 spiro atoms. The van der Waals surface area contributed by atoms with Crippen LogP contribution in [0.5, 0.6) is 0 Å². The van der Waals surface area contributed by atoms with E-state index in [1.807, 2.05) is 6.92 Å². The van der Waals surface area contributed by atoms with Gasteiger partial charge in [0.25, 0.3) is 0 Å². The monoisotopic (exact) mass is 134 g/mol. The highest BCUT2D eigenvalue weighted by molar-refractivity contribution is 7.77. The van der Waals surface area contributed by atoms with Gasteiger partial charge >= 0.3 is 0 Å². The van der Waals surface area contributed by atoms with Crippen LogP contribution in [0.15, 0.2) is 4.99 Å². The van der Waals surface area contributed by atoms with Crippen molar-refractivity contribution in [3.05, 3.63) is 0 Å². The first-order chi connectivity index (χ1) is 3.34. The van der Waals surface area contributed by atoms with Gasteiger partial charge in [-0.1, -0.05) is 0 Å². The highest BCUT2D eigenvalue weighted by Gasteiger charge is 1.97. The average molecular weight is 134 g/mol. The summed E-state index contributed by atoms with van der Waals surface area (Å²) in [5, 5.41) is 0. The van der Waals surface area contributed by atoms with Crippen molar-refractivity contribution in [1.82, 2.24) is 3.35 Å². The van der Waals surface area contributed by atoms with Crippen LogP contribution in [0.25, 0.3) is 0 Å². The summed E-state index contributed by atoms with van der Waals surface area (Å²) >= 11 is 0. The summed E-state index contributed by atoms with van der Waals surface area (Å²) in [4.78, 5) is 3.95. The molecule has 0 aromatic carbocycles. The second kappa shape index (κ2) is 1.79. The Balaban J connectivity index is 2.62. The molecule has 1 aromatic rings. The van der Waals surface area contributed by atoms with Crippen molar-refractivity contribution in [2.45, 2.75) is 6.92 Å². The fourth-order valence-electron chi connectivity index (χ4n) is 0.206. The Morgan fingerprint density at radius 2 is 2.14 bits per heavy atom. The van der Waals surface area contributed by atoms with Crippen LogP contribution < -0.4 is 0 Å². The molecule has 0 aliphatic carbocycles. The topological polar surface area (TPSA) is 17.3 Å². The second-order valence-electron chi connectivity index (χ2n) is 1.18. The molecule has 40 valence electrons. The Bertz CT molecular complexity index is 149. The molecule has 0 bridgehead atoms. The Morgan fingerprint density at radius 3 is 2.29 bits per heavy atom. The molecular weight excluding hydrogens is 128 g/mol. The number of rotatable bonds is 0. The van der Waals surface area contributed by atoms with Crippen LogP contribution in [0.2, 0.25) is 0 Å². The molecule has 0 saturated heterocycles. The van der Waals surface area contributed by atoms with Gasteiger partial charge in [0.05, 0.1) is 0 Å². The van der Waals surface area contributed by atoms with Crippen molar-refractivity contribution in [2.24, 2.45) is 4.99 Å². The van der Waals surface area contributed by atoms with Gasteiger partial charge in [-0.3, -0.25) is 4.99 Å². The molecule has 7 heavy (non-hydrogen) atoms. The Labute approximate surface area is 49.8 Å². The summed E-state index contributed by atoms with van der Waals surface area (Å²) in [6.07, 6.45) is 0. The summed E-state index contributed by atoms with van der Waals surface area (Å²) in [5.74, 6) is 1.09. The molecule has 0 radical (unpaired) electrons. The highest BCUT2D eigenvalue weighted by atomic mass is 33.0. The smallest absolute Gasteiger partial charge is 0.126 e. The van der Waals surface area contributed by atoms with Crippen LogP contribution in [-0.4, -0.2) is 16.2 Å².